The summed E-state index contributed by atoms with van der Waals surface area (Å²) in [6.45, 7) is -0.568. The molecule has 3 aromatic rings. The average Bonchev–Trinajstić information content (AvgIpc) is 2.86. The van der Waals surface area contributed by atoms with Gasteiger partial charge in [0.25, 0.3) is 0 Å². The van der Waals surface area contributed by atoms with Crippen LogP contribution in [-0.4, -0.2) is 63.6 Å². The first kappa shape index (κ1) is 24.6. The van der Waals surface area contributed by atoms with Gasteiger partial charge in [-0.2, -0.15) is 0 Å². The number of hydrogen-bond donors (Lipinski definition) is 5. The van der Waals surface area contributed by atoms with E-state index in [1.807, 2.05) is 30.3 Å². The highest BCUT2D eigenvalue weighted by molar-refractivity contribution is 5.92. The summed E-state index contributed by atoms with van der Waals surface area (Å²) in [5.74, 6) is 1.19. The van der Waals surface area contributed by atoms with Crippen LogP contribution in [0, 0.1) is 0 Å². The van der Waals surface area contributed by atoms with Gasteiger partial charge in [0.05, 0.1) is 13.0 Å². The molecule has 3 aromatic carbocycles. The molecule has 1 aliphatic heterocycles. The monoisotopic (exact) mass is 481 g/mol. The minimum absolute atomic E-state index is 0.0443. The highest BCUT2D eigenvalue weighted by atomic mass is 16.7. The Bertz CT molecular complexity index is 1120. The number of hydrogen-bond acceptors (Lipinski definition) is 8. The molecule has 0 spiro atoms. The molecule has 0 bridgehead atoms. The lowest BCUT2D eigenvalue weighted by atomic mass is 9.99. The molecule has 1 heterocycles. The van der Waals surface area contributed by atoms with Crippen LogP contribution in [0.15, 0.2) is 78.9 Å². The summed E-state index contributed by atoms with van der Waals surface area (Å²) >= 11 is 0. The molecule has 35 heavy (non-hydrogen) atoms. The van der Waals surface area contributed by atoms with Crippen LogP contribution in [0.5, 0.6) is 17.2 Å². The first-order valence-electron chi connectivity index (χ1n) is 11.1. The molecule has 9 heteroatoms. The van der Waals surface area contributed by atoms with Crippen molar-refractivity contribution in [2.45, 2.75) is 37.1 Å². The lowest BCUT2D eigenvalue weighted by Crippen LogP contribution is -2.60. The van der Waals surface area contributed by atoms with Crippen molar-refractivity contribution in [2.24, 2.45) is 0 Å². The zero-order chi connectivity index (χ0) is 24.8. The van der Waals surface area contributed by atoms with Crippen LogP contribution in [0.1, 0.15) is 5.56 Å². The summed E-state index contributed by atoms with van der Waals surface area (Å²) in [4.78, 5) is 12.8. The third kappa shape index (κ3) is 6.16. The van der Waals surface area contributed by atoms with Gasteiger partial charge in [0.2, 0.25) is 12.2 Å². The number of para-hydroxylation sites is 2. The molecule has 1 aliphatic rings. The molecule has 1 saturated heterocycles. The molecule has 0 radical (unpaired) electrons. The number of aliphatic hydroxyl groups excluding tert-OH is 4. The van der Waals surface area contributed by atoms with E-state index >= 15 is 0 Å². The second-order valence-corrected chi connectivity index (χ2v) is 8.09. The lowest BCUT2D eigenvalue weighted by Gasteiger charge is -2.39. The van der Waals surface area contributed by atoms with Crippen LogP contribution in [-0.2, 0) is 16.0 Å². The fourth-order valence-corrected chi connectivity index (χ4v) is 3.69. The fraction of sp³-hybridized carbons (Fsp3) is 0.269. The van der Waals surface area contributed by atoms with Gasteiger partial charge in [-0.3, -0.25) is 4.79 Å². The molecule has 184 valence electrons. The van der Waals surface area contributed by atoms with Gasteiger partial charge in [0, 0.05) is 17.3 Å². The van der Waals surface area contributed by atoms with E-state index in [4.69, 9.17) is 14.2 Å². The number of benzene rings is 3. The zero-order valence-electron chi connectivity index (χ0n) is 18.7. The minimum atomic E-state index is -1.56. The van der Waals surface area contributed by atoms with Gasteiger partial charge < -0.3 is 40.0 Å². The van der Waals surface area contributed by atoms with Crippen molar-refractivity contribution < 1.29 is 39.4 Å². The third-order valence-electron chi connectivity index (χ3n) is 5.51. The number of rotatable bonds is 8. The highest BCUT2D eigenvalue weighted by Crippen LogP contribution is 2.28. The Balaban J connectivity index is 1.41. The number of carbonyl (C=O) groups is 1. The number of aliphatic hydroxyl groups is 4. The maximum absolute atomic E-state index is 12.8. The normalized spacial score (nSPS) is 23.9. The van der Waals surface area contributed by atoms with Crippen molar-refractivity contribution in [3.8, 4) is 17.2 Å². The topological polar surface area (TPSA) is 138 Å². The maximum Gasteiger partial charge on any atom is 0.229 e. The summed E-state index contributed by atoms with van der Waals surface area (Å²) in [6, 6.07) is 23.0. The minimum Gasteiger partial charge on any atom is -0.462 e. The van der Waals surface area contributed by atoms with Crippen LogP contribution in [0.25, 0.3) is 0 Å². The van der Waals surface area contributed by atoms with Gasteiger partial charge in [-0.15, -0.1) is 0 Å². The summed E-state index contributed by atoms with van der Waals surface area (Å²) in [5.41, 5.74) is 1.06. The molecule has 0 saturated carbocycles. The van der Waals surface area contributed by atoms with Crippen LogP contribution >= 0.6 is 0 Å². The van der Waals surface area contributed by atoms with E-state index in [2.05, 4.69) is 5.32 Å². The van der Waals surface area contributed by atoms with E-state index in [0.29, 0.717) is 22.7 Å². The molecule has 5 atom stereocenters. The van der Waals surface area contributed by atoms with Crippen molar-refractivity contribution >= 4 is 11.6 Å². The van der Waals surface area contributed by atoms with E-state index in [0.717, 1.165) is 0 Å². The van der Waals surface area contributed by atoms with Crippen molar-refractivity contribution in [1.82, 2.24) is 0 Å². The van der Waals surface area contributed by atoms with E-state index in [9.17, 15) is 25.2 Å². The molecular formula is C26H27NO8. The van der Waals surface area contributed by atoms with E-state index < -0.39 is 37.3 Å². The Morgan fingerprint density at radius 3 is 2.34 bits per heavy atom. The van der Waals surface area contributed by atoms with E-state index in [-0.39, 0.29) is 18.1 Å². The summed E-state index contributed by atoms with van der Waals surface area (Å²) in [5, 5.41) is 42.4. The Morgan fingerprint density at radius 1 is 0.857 bits per heavy atom. The lowest BCUT2D eigenvalue weighted by molar-refractivity contribution is -0.277. The molecule has 0 aromatic heterocycles. The molecule has 9 nitrogen and oxygen atoms in total. The first-order valence-corrected chi connectivity index (χ1v) is 11.1. The molecular weight excluding hydrogens is 454 g/mol. The molecule has 1 fully saturated rings. The van der Waals surface area contributed by atoms with Gasteiger partial charge in [-0.25, -0.2) is 0 Å². The van der Waals surface area contributed by atoms with Gasteiger partial charge in [-0.1, -0.05) is 42.5 Å². The maximum atomic E-state index is 12.8. The average molecular weight is 482 g/mol. The number of amides is 1. The van der Waals surface area contributed by atoms with Gasteiger partial charge in [-0.05, 0) is 30.3 Å². The van der Waals surface area contributed by atoms with E-state index in [1.54, 1.807) is 48.5 Å². The Labute approximate surface area is 202 Å². The Hall–Kier alpha value is -3.47. The van der Waals surface area contributed by atoms with Gasteiger partial charge in [0.15, 0.2) is 0 Å². The Morgan fingerprint density at radius 2 is 1.57 bits per heavy atom. The van der Waals surface area contributed by atoms with Crippen molar-refractivity contribution in [2.75, 3.05) is 11.9 Å². The number of ether oxygens (including phenoxy) is 3. The van der Waals surface area contributed by atoms with Crippen molar-refractivity contribution in [3.63, 3.8) is 0 Å². The standard InChI is InChI=1S/C26H27NO8/c28-15-21-23(30)24(31)25(32)26(35-21)34-20-12-5-4-7-16(20)13-22(29)27-17-8-6-11-19(14-17)33-18-9-2-1-3-10-18/h1-12,14,21,23-26,28,30-32H,13,15H2,(H,27,29). The quantitative estimate of drug-likeness (QED) is 0.329. The summed E-state index contributed by atoms with van der Waals surface area (Å²) < 4.78 is 16.9. The predicted octanol–water partition coefficient (Wildman–Crippen LogP) is 1.84. The first-order chi connectivity index (χ1) is 16.9. The number of carbonyl (C=O) groups excluding carboxylic acids is 1. The largest absolute Gasteiger partial charge is 0.462 e. The van der Waals surface area contributed by atoms with Crippen LogP contribution in [0.2, 0.25) is 0 Å². The summed E-state index contributed by atoms with van der Waals surface area (Å²) in [6.07, 6.45) is -7.09. The second kappa shape index (κ2) is 11.3. The fourth-order valence-electron chi connectivity index (χ4n) is 3.69. The van der Waals surface area contributed by atoms with Crippen molar-refractivity contribution in [3.05, 3.63) is 84.4 Å². The third-order valence-corrected chi connectivity index (χ3v) is 5.51. The molecule has 1 amide bonds. The highest BCUT2D eigenvalue weighted by Gasteiger charge is 2.44. The number of nitrogens with one attached hydrogen (secondary N) is 1. The van der Waals surface area contributed by atoms with Gasteiger partial charge in [0.1, 0.15) is 41.7 Å². The SMILES string of the molecule is O=C(Cc1ccccc1OC1OC(CO)C(O)C(O)C1O)Nc1cccc(Oc2ccccc2)c1. The molecule has 0 aliphatic carbocycles. The zero-order valence-corrected chi connectivity index (χ0v) is 18.7. The molecule has 4 rings (SSSR count). The van der Waals surface area contributed by atoms with Crippen LogP contribution in [0.3, 0.4) is 0 Å². The second-order valence-electron chi connectivity index (χ2n) is 8.09. The number of anilines is 1. The molecule has 5 N–H and O–H groups in total. The Kier molecular flexibility index (Phi) is 7.96. The van der Waals surface area contributed by atoms with E-state index in [1.165, 1.54) is 0 Å². The molecule has 5 unspecified atom stereocenters. The van der Waals surface area contributed by atoms with Crippen molar-refractivity contribution in [1.29, 1.82) is 0 Å². The predicted molar refractivity (Wildman–Crippen MR) is 126 cm³/mol. The smallest absolute Gasteiger partial charge is 0.229 e. The summed E-state index contributed by atoms with van der Waals surface area (Å²) in [7, 11) is 0. The van der Waals surface area contributed by atoms with Crippen LogP contribution < -0.4 is 14.8 Å². The van der Waals surface area contributed by atoms with Crippen LogP contribution in [0.4, 0.5) is 5.69 Å². The van der Waals surface area contributed by atoms with Gasteiger partial charge >= 0.3 is 0 Å².